The van der Waals surface area contributed by atoms with Crippen LogP contribution < -0.4 is 0 Å². The van der Waals surface area contributed by atoms with Gasteiger partial charge in [0, 0.05) is 44.8 Å². The Morgan fingerprint density at radius 1 is 1.08 bits per heavy atom. The smallest absolute Gasteiger partial charge is 0.163 e. The van der Waals surface area contributed by atoms with E-state index >= 15 is 0 Å². The monoisotopic (exact) mass is 355 g/mol. The molecule has 1 unspecified atom stereocenters. The lowest BCUT2D eigenvalue weighted by Gasteiger charge is -2.41. The van der Waals surface area contributed by atoms with Crippen LogP contribution in [0.2, 0.25) is 0 Å². The van der Waals surface area contributed by atoms with Crippen molar-refractivity contribution in [3.63, 3.8) is 0 Å². The van der Waals surface area contributed by atoms with Gasteiger partial charge in [-0.25, -0.2) is 0 Å². The molecule has 1 atom stereocenters. The first-order valence-electron chi connectivity index (χ1n) is 9.72. The Bertz CT molecular complexity index is 708. The van der Waals surface area contributed by atoms with E-state index in [0.29, 0.717) is 12.1 Å². The summed E-state index contributed by atoms with van der Waals surface area (Å²) in [5, 5.41) is 8.86. The van der Waals surface area contributed by atoms with Crippen molar-refractivity contribution in [3.05, 3.63) is 36.2 Å². The first kappa shape index (κ1) is 17.6. The maximum Gasteiger partial charge on any atom is 0.163 e. The zero-order valence-corrected chi connectivity index (χ0v) is 15.8. The summed E-state index contributed by atoms with van der Waals surface area (Å²) < 4.78 is 7.81. The molecule has 4 rings (SSSR count). The summed E-state index contributed by atoms with van der Waals surface area (Å²) in [6, 6.07) is 11.0. The highest BCUT2D eigenvalue weighted by Gasteiger charge is 2.28. The third-order valence-electron chi connectivity index (χ3n) is 5.71. The summed E-state index contributed by atoms with van der Waals surface area (Å²) >= 11 is 0. The third-order valence-corrected chi connectivity index (χ3v) is 5.71. The fourth-order valence-electron chi connectivity index (χ4n) is 4.16. The quantitative estimate of drug-likeness (QED) is 0.841. The minimum absolute atomic E-state index is 0.372. The summed E-state index contributed by atoms with van der Waals surface area (Å²) in [5.74, 6) is 1.99. The average molecular weight is 355 g/mol. The molecule has 1 aromatic carbocycles. The van der Waals surface area contributed by atoms with Gasteiger partial charge in [-0.05, 0) is 19.8 Å². The molecule has 0 saturated carbocycles. The molecule has 1 aromatic heterocycles. The molecule has 6 heteroatoms. The van der Waals surface area contributed by atoms with E-state index in [2.05, 4.69) is 50.7 Å². The van der Waals surface area contributed by atoms with Crippen molar-refractivity contribution >= 4 is 0 Å². The molecule has 140 valence electrons. The molecular weight excluding hydrogens is 326 g/mol. The highest BCUT2D eigenvalue weighted by atomic mass is 16.5. The van der Waals surface area contributed by atoms with Gasteiger partial charge in [0.1, 0.15) is 5.82 Å². The number of nitrogens with zero attached hydrogens (tertiary/aromatic N) is 5. The van der Waals surface area contributed by atoms with Gasteiger partial charge < -0.3 is 9.30 Å². The van der Waals surface area contributed by atoms with Crippen LogP contribution in [0, 0.1) is 0 Å². The van der Waals surface area contributed by atoms with Crippen LogP contribution in [0.1, 0.15) is 25.6 Å². The van der Waals surface area contributed by atoms with E-state index in [0.717, 1.165) is 56.5 Å². The van der Waals surface area contributed by atoms with Crippen LogP contribution in [0.5, 0.6) is 0 Å². The molecule has 0 aliphatic carbocycles. The van der Waals surface area contributed by atoms with Gasteiger partial charge >= 0.3 is 0 Å². The van der Waals surface area contributed by atoms with Crippen LogP contribution in [0.4, 0.5) is 0 Å². The number of morpholine rings is 1. The summed E-state index contributed by atoms with van der Waals surface area (Å²) in [5.41, 5.74) is 1.12. The van der Waals surface area contributed by atoms with Crippen molar-refractivity contribution in [1.29, 1.82) is 0 Å². The van der Waals surface area contributed by atoms with Crippen molar-refractivity contribution in [2.75, 3.05) is 32.8 Å². The molecule has 0 N–H and O–H groups in total. The van der Waals surface area contributed by atoms with E-state index in [9.17, 15) is 0 Å². The lowest BCUT2D eigenvalue weighted by atomic mass is 10.0. The van der Waals surface area contributed by atoms with Gasteiger partial charge in [0.05, 0.1) is 19.3 Å². The van der Waals surface area contributed by atoms with Crippen LogP contribution in [0.15, 0.2) is 30.3 Å². The fourth-order valence-corrected chi connectivity index (χ4v) is 4.16. The fraction of sp³-hybridized carbons (Fsp3) is 0.600. The Kier molecular flexibility index (Phi) is 5.33. The summed E-state index contributed by atoms with van der Waals surface area (Å²) in [7, 11) is 2.07. The topological polar surface area (TPSA) is 46.4 Å². The first-order chi connectivity index (χ1) is 12.7. The molecule has 2 saturated heterocycles. The number of hydrogen-bond donors (Lipinski definition) is 0. The van der Waals surface area contributed by atoms with Crippen molar-refractivity contribution in [2.45, 2.75) is 38.5 Å². The first-order valence-corrected chi connectivity index (χ1v) is 9.72. The van der Waals surface area contributed by atoms with E-state index in [4.69, 9.17) is 4.74 Å². The molecule has 0 bridgehead atoms. The molecule has 3 heterocycles. The second kappa shape index (κ2) is 7.86. The number of hydrogen-bond acceptors (Lipinski definition) is 5. The largest absolute Gasteiger partial charge is 0.376 e. The van der Waals surface area contributed by atoms with Crippen LogP contribution >= 0.6 is 0 Å². The number of aromatic nitrogens is 3. The zero-order valence-electron chi connectivity index (χ0n) is 15.8. The predicted octanol–water partition coefficient (Wildman–Crippen LogP) is 2.17. The van der Waals surface area contributed by atoms with E-state index in [1.807, 2.05) is 18.2 Å². The minimum atomic E-state index is 0.372. The molecule has 6 nitrogen and oxygen atoms in total. The highest BCUT2D eigenvalue weighted by molar-refractivity contribution is 5.54. The van der Waals surface area contributed by atoms with Gasteiger partial charge in [-0.15, -0.1) is 10.2 Å². The van der Waals surface area contributed by atoms with Crippen molar-refractivity contribution in [1.82, 2.24) is 24.6 Å². The molecule has 2 fully saturated rings. The Morgan fingerprint density at radius 2 is 1.85 bits per heavy atom. The number of rotatable bonds is 4. The number of piperidine rings is 1. The molecule has 2 aromatic rings. The average Bonchev–Trinajstić information content (AvgIpc) is 3.03. The lowest BCUT2D eigenvalue weighted by molar-refractivity contribution is -0.0438. The lowest BCUT2D eigenvalue weighted by Crippen LogP contribution is -2.50. The molecule has 0 radical (unpaired) electrons. The molecular formula is C20H29N5O. The molecule has 2 aliphatic heterocycles. The second-order valence-corrected chi connectivity index (χ2v) is 7.55. The third kappa shape index (κ3) is 3.82. The number of benzene rings is 1. The Hall–Kier alpha value is -1.76. The van der Waals surface area contributed by atoms with E-state index < -0.39 is 0 Å². The number of likely N-dealkylation sites (tertiary alicyclic amines) is 1. The van der Waals surface area contributed by atoms with Crippen molar-refractivity contribution in [2.24, 2.45) is 7.05 Å². The maximum atomic E-state index is 5.68. The van der Waals surface area contributed by atoms with Crippen LogP contribution in [0.25, 0.3) is 11.4 Å². The highest BCUT2D eigenvalue weighted by Crippen LogP contribution is 2.22. The molecule has 0 amide bonds. The minimum Gasteiger partial charge on any atom is -0.376 e. The van der Waals surface area contributed by atoms with E-state index in [1.165, 1.54) is 12.8 Å². The summed E-state index contributed by atoms with van der Waals surface area (Å²) in [6.07, 6.45) is 2.84. The zero-order chi connectivity index (χ0) is 17.9. The molecule has 26 heavy (non-hydrogen) atoms. The van der Waals surface area contributed by atoms with Gasteiger partial charge in [0.25, 0.3) is 0 Å². The van der Waals surface area contributed by atoms with Crippen LogP contribution in [-0.2, 0) is 18.3 Å². The van der Waals surface area contributed by atoms with Crippen molar-refractivity contribution in [3.8, 4) is 11.4 Å². The van der Waals surface area contributed by atoms with Gasteiger partial charge in [0.2, 0.25) is 0 Å². The Labute approximate surface area is 155 Å². The van der Waals surface area contributed by atoms with E-state index in [-0.39, 0.29) is 0 Å². The van der Waals surface area contributed by atoms with Crippen molar-refractivity contribution < 1.29 is 4.74 Å². The standard InChI is InChI=1S/C20H29N5O/c1-16-14-25(12-13-26-16)18-8-10-24(11-9-18)15-19-21-22-20(23(19)2)17-6-4-3-5-7-17/h3-7,16,18H,8-15H2,1-2H3. The molecule has 2 aliphatic rings. The normalized spacial score (nSPS) is 23.4. The van der Waals surface area contributed by atoms with Gasteiger partial charge in [-0.2, -0.15) is 0 Å². The van der Waals surface area contributed by atoms with Gasteiger partial charge in [-0.3, -0.25) is 9.80 Å². The van der Waals surface area contributed by atoms with Crippen LogP contribution in [0.3, 0.4) is 0 Å². The predicted molar refractivity (Wildman–Crippen MR) is 102 cm³/mol. The number of ether oxygens (including phenoxy) is 1. The maximum absolute atomic E-state index is 5.68. The second-order valence-electron chi connectivity index (χ2n) is 7.55. The Balaban J connectivity index is 1.34. The van der Waals surface area contributed by atoms with E-state index in [1.54, 1.807) is 0 Å². The summed E-state index contributed by atoms with van der Waals surface area (Å²) in [6.45, 7) is 8.35. The Morgan fingerprint density at radius 3 is 2.58 bits per heavy atom. The van der Waals surface area contributed by atoms with Gasteiger partial charge in [0.15, 0.2) is 5.82 Å². The SMILES string of the molecule is CC1CN(C2CCN(Cc3nnc(-c4ccccc4)n3C)CC2)CCO1. The van der Waals surface area contributed by atoms with Crippen LogP contribution in [-0.4, -0.2) is 69.5 Å². The molecule has 0 spiro atoms. The van der Waals surface area contributed by atoms with Gasteiger partial charge in [-0.1, -0.05) is 30.3 Å². The summed E-state index contributed by atoms with van der Waals surface area (Å²) in [4.78, 5) is 5.14.